The molecule has 0 aromatic heterocycles. The molecule has 0 unspecified atom stereocenters. The second-order valence-corrected chi connectivity index (χ2v) is 12.0. The van der Waals surface area contributed by atoms with Gasteiger partial charge in [0.2, 0.25) is 21.8 Å². The van der Waals surface area contributed by atoms with Crippen molar-refractivity contribution in [1.82, 2.24) is 14.5 Å². The highest BCUT2D eigenvalue weighted by molar-refractivity contribution is 7.89. The molecule has 1 aliphatic carbocycles. The maximum atomic E-state index is 13.5. The molecule has 0 aliphatic heterocycles. The number of hydrogen-bond acceptors (Lipinski definition) is 4. The Morgan fingerprint density at radius 2 is 1.63 bits per heavy atom. The maximum absolute atomic E-state index is 13.5. The van der Waals surface area contributed by atoms with Crippen LogP contribution in [-0.4, -0.2) is 55.1 Å². The Bertz CT molecular complexity index is 1390. The first kappa shape index (κ1) is 27.7. The third kappa shape index (κ3) is 6.57. The Morgan fingerprint density at radius 3 is 2.32 bits per heavy atom. The zero-order chi connectivity index (χ0) is 27.3. The van der Waals surface area contributed by atoms with Crippen LogP contribution >= 0.6 is 0 Å². The number of benzene rings is 3. The van der Waals surface area contributed by atoms with E-state index in [9.17, 15) is 22.4 Å². The molecule has 7 nitrogen and oxygen atoms in total. The van der Waals surface area contributed by atoms with Crippen LogP contribution in [0.15, 0.2) is 71.6 Å². The third-order valence-corrected chi connectivity index (χ3v) is 8.97. The lowest BCUT2D eigenvalue weighted by molar-refractivity contribution is -0.141. The van der Waals surface area contributed by atoms with Crippen LogP contribution in [0.2, 0.25) is 0 Å². The quantitative estimate of drug-likeness (QED) is 0.435. The Labute approximate surface area is 223 Å². The number of sulfonamides is 1. The molecular weight excluding hydrogens is 505 g/mol. The van der Waals surface area contributed by atoms with E-state index in [0.717, 1.165) is 47.2 Å². The molecule has 1 N–H and O–H groups in total. The van der Waals surface area contributed by atoms with Gasteiger partial charge < -0.3 is 10.2 Å². The molecule has 4 rings (SSSR count). The number of carbonyl (C=O) groups excluding carboxylic acids is 2. The topological polar surface area (TPSA) is 86.8 Å². The van der Waals surface area contributed by atoms with Gasteiger partial charge in [-0.3, -0.25) is 9.59 Å². The SMILES string of the molecule is C[C@@H](C(=O)NC1CCCCC1)N(Cc1ccc(F)cc1)C(=O)CN(C)S(=O)(=O)c1ccc2ccccc2c1. The number of fused-ring (bicyclic) bond motifs is 1. The van der Waals surface area contributed by atoms with Gasteiger partial charge in [-0.1, -0.05) is 61.7 Å². The second-order valence-electron chi connectivity index (χ2n) is 9.94. The molecule has 0 heterocycles. The van der Waals surface area contributed by atoms with E-state index < -0.39 is 34.3 Å². The van der Waals surface area contributed by atoms with Gasteiger partial charge in [0.05, 0.1) is 11.4 Å². The van der Waals surface area contributed by atoms with Crippen molar-refractivity contribution in [3.05, 3.63) is 78.1 Å². The van der Waals surface area contributed by atoms with Gasteiger partial charge in [0.25, 0.3) is 0 Å². The highest BCUT2D eigenvalue weighted by Crippen LogP contribution is 2.22. The molecule has 38 heavy (non-hydrogen) atoms. The number of hydrogen-bond donors (Lipinski definition) is 1. The summed E-state index contributed by atoms with van der Waals surface area (Å²) in [6.07, 6.45) is 5.05. The summed E-state index contributed by atoms with van der Waals surface area (Å²) in [7, 11) is -2.62. The van der Waals surface area contributed by atoms with E-state index in [1.807, 2.05) is 24.3 Å². The molecular formula is C29H34FN3O4S. The van der Waals surface area contributed by atoms with Crippen LogP contribution in [0.25, 0.3) is 10.8 Å². The molecule has 2 amide bonds. The molecule has 3 aromatic carbocycles. The fourth-order valence-corrected chi connectivity index (χ4v) is 5.97. The zero-order valence-electron chi connectivity index (χ0n) is 21.8. The van der Waals surface area contributed by atoms with Gasteiger partial charge in [-0.2, -0.15) is 4.31 Å². The van der Waals surface area contributed by atoms with Crippen LogP contribution in [0.5, 0.6) is 0 Å². The van der Waals surface area contributed by atoms with Crippen LogP contribution < -0.4 is 5.32 Å². The van der Waals surface area contributed by atoms with Crippen molar-refractivity contribution in [3.8, 4) is 0 Å². The summed E-state index contributed by atoms with van der Waals surface area (Å²) in [6, 6.07) is 17.2. The molecule has 1 fully saturated rings. The summed E-state index contributed by atoms with van der Waals surface area (Å²) >= 11 is 0. The van der Waals surface area contributed by atoms with Crippen molar-refractivity contribution in [2.45, 2.75) is 62.6 Å². The first-order valence-corrected chi connectivity index (χ1v) is 14.4. The lowest BCUT2D eigenvalue weighted by Gasteiger charge is -2.32. The number of likely N-dealkylation sites (N-methyl/N-ethyl adjacent to an activating group) is 1. The fraction of sp³-hybridized carbons (Fsp3) is 0.379. The minimum atomic E-state index is -3.97. The average Bonchev–Trinajstić information content (AvgIpc) is 2.92. The Hall–Kier alpha value is -3.30. The minimum absolute atomic E-state index is 0.0439. The van der Waals surface area contributed by atoms with E-state index in [1.165, 1.54) is 30.1 Å². The first-order valence-electron chi connectivity index (χ1n) is 12.9. The molecule has 0 radical (unpaired) electrons. The van der Waals surface area contributed by atoms with Crippen molar-refractivity contribution in [3.63, 3.8) is 0 Å². The first-order chi connectivity index (χ1) is 18.1. The summed E-state index contributed by atoms with van der Waals surface area (Å²) < 4.78 is 41.1. The van der Waals surface area contributed by atoms with Gasteiger partial charge in [0.15, 0.2) is 0 Å². The van der Waals surface area contributed by atoms with Crippen LogP contribution in [0, 0.1) is 5.82 Å². The monoisotopic (exact) mass is 539 g/mol. The standard InChI is InChI=1S/C29H34FN3O4S/c1-21(29(35)31-26-10-4-3-5-11-26)33(19-22-12-15-25(30)16-13-22)28(34)20-32(2)38(36,37)27-17-14-23-8-6-7-9-24(23)18-27/h6-9,12-18,21,26H,3-5,10-11,19-20H2,1-2H3,(H,31,35)/t21-/m0/s1. The highest BCUT2D eigenvalue weighted by atomic mass is 32.2. The predicted octanol–water partition coefficient (Wildman–Crippen LogP) is 4.47. The van der Waals surface area contributed by atoms with Gasteiger partial charge in [0.1, 0.15) is 11.9 Å². The molecule has 1 saturated carbocycles. The van der Waals surface area contributed by atoms with Crippen LogP contribution in [0.1, 0.15) is 44.6 Å². The van der Waals surface area contributed by atoms with Gasteiger partial charge >= 0.3 is 0 Å². The highest BCUT2D eigenvalue weighted by Gasteiger charge is 2.31. The molecule has 1 atom stereocenters. The van der Waals surface area contributed by atoms with Crippen molar-refractivity contribution in [2.24, 2.45) is 0 Å². The van der Waals surface area contributed by atoms with E-state index in [1.54, 1.807) is 31.2 Å². The Morgan fingerprint density at radius 1 is 0.974 bits per heavy atom. The van der Waals surface area contributed by atoms with Crippen LogP contribution in [0.4, 0.5) is 4.39 Å². The molecule has 0 bridgehead atoms. The summed E-state index contributed by atoms with van der Waals surface area (Å²) in [4.78, 5) is 28.1. The normalized spacial score (nSPS) is 15.4. The molecule has 1 aliphatic rings. The van der Waals surface area contributed by atoms with Crippen molar-refractivity contribution in [2.75, 3.05) is 13.6 Å². The number of rotatable bonds is 9. The number of carbonyl (C=O) groups is 2. The largest absolute Gasteiger partial charge is 0.352 e. The second kappa shape index (κ2) is 12.0. The van der Waals surface area contributed by atoms with Gasteiger partial charge in [0, 0.05) is 19.6 Å². The molecule has 9 heteroatoms. The lowest BCUT2D eigenvalue weighted by Crippen LogP contribution is -2.52. The minimum Gasteiger partial charge on any atom is -0.352 e. The van der Waals surface area contributed by atoms with E-state index in [0.29, 0.717) is 5.56 Å². The molecule has 3 aromatic rings. The number of nitrogens with zero attached hydrogens (tertiary/aromatic N) is 2. The average molecular weight is 540 g/mol. The number of nitrogens with one attached hydrogen (secondary N) is 1. The van der Waals surface area contributed by atoms with E-state index in [4.69, 9.17) is 0 Å². The van der Waals surface area contributed by atoms with E-state index >= 15 is 0 Å². The summed E-state index contributed by atoms with van der Waals surface area (Å²) in [5.41, 5.74) is 0.636. The fourth-order valence-electron chi connectivity index (χ4n) is 4.81. The Kier molecular flexibility index (Phi) is 8.79. The predicted molar refractivity (Wildman–Crippen MR) is 145 cm³/mol. The zero-order valence-corrected chi connectivity index (χ0v) is 22.6. The van der Waals surface area contributed by atoms with Gasteiger partial charge in [-0.15, -0.1) is 0 Å². The maximum Gasteiger partial charge on any atom is 0.243 e. The van der Waals surface area contributed by atoms with E-state index in [-0.39, 0.29) is 23.4 Å². The van der Waals surface area contributed by atoms with Crippen molar-refractivity contribution in [1.29, 1.82) is 0 Å². The Balaban J connectivity index is 1.53. The van der Waals surface area contributed by atoms with Crippen molar-refractivity contribution >= 4 is 32.6 Å². The summed E-state index contributed by atoms with van der Waals surface area (Å²) in [5, 5.41) is 4.74. The van der Waals surface area contributed by atoms with Crippen molar-refractivity contribution < 1.29 is 22.4 Å². The van der Waals surface area contributed by atoms with Gasteiger partial charge in [-0.05, 0) is 60.4 Å². The lowest BCUT2D eigenvalue weighted by atomic mass is 9.95. The van der Waals surface area contributed by atoms with Crippen LogP contribution in [0.3, 0.4) is 0 Å². The molecule has 202 valence electrons. The molecule has 0 saturated heterocycles. The smallest absolute Gasteiger partial charge is 0.243 e. The van der Waals surface area contributed by atoms with E-state index in [2.05, 4.69) is 5.32 Å². The van der Waals surface area contributed by atoms with Gasteiger partial charge in [-0.25, -0.2) is 12.8 Å². The summed E-state index contributed by atoms with van der Waals surface area (Å²) in [6.45, 7) is 1.23. The molecule has 0 spiro atoms. The summed E-state index contributed by atoms with van der Waals surface area (Å²) in [5.74, 6) is -1.21. The number of halogens is 1. The third-order valence-electron chi connectivity index (χ3n) is 7.17. The number of amides is 2. The van der Waals surface area contributed by atoms with Crippen LogP contribution in [-0.2, 0) is 26.2 Å².